The molecule has 2 heterocycles. The first kappa shape index (κ1) is 22.3. The smallest absolute Gasteiger partial charge is 0.255 e. The van der Waals surface area contributed by atoms with Crippen LogP contribution in [0, 0.1) is 6.92 Å². The van der Waals surface area contributed by atoms with Crippen LogP contribution < -0.4 is 16.1 Å². The number of carbonyl (C=O) groups excluding carboxylic acids is 3. The van der Waals surface area contributed by atoms with Crippen molar-refractivity contribution in [2.24, 2.45) is 0 Å². The molecule has 0 bridgehead atoms. The van der Waals surface area contributed by atoms with Gasteiger partial charge in [-0.1, -0.05) is 36.4 Å². The lowest BCUT2D eigenvalue weighted by Crippen LogP contribution is -2.48. The second-order valence-corrected chi connectivity index (χ2v) is 7.98. The summed E-state index contributed by atoms with van der Waals surface area (Å²) in [5.74, 6) is -0.686. The zero-order valence-electron chi connectivity index (χ0n) is 18.5. The van der Waals surface area contributed by atoms with Gasteiger partial charge in [-0.25, -0.2) is 0 Å². The summed E-state index contributed by atoms with van der Waals surface area (Å²) in [6.45, 7) is 1.90. The fourth-order valence-corrected chi connectivity index (χ4v) is 4.21. The quantitative estimate of drug-likeness (QED) is 0.624. The van der Waals surface area contributed by atoms with E-state index in [1.807, 2.05) is 30.3 Å². The van der Waals surface area contributed by atoms with Gasteiger partial charge in [-0.3, -0.25) is 19.2 Å². The molecule has 3 aromatic rings. The summed E-state index contributed by atoms with van der Waals surface area (Å²) < 4.78 is 6.07. The average Bonchev–Trinajstić information content (AvgIpc) is 3.34. The standard InChI is InChI=1S/C25H25N3O5/c1-15-21(30)17-10-6-11-18(23(17)33-22(15)16-8-4-3-5-9-16)24(31)27-14-20(29)28-13-7-12-19(28)25(32)26-2/h3-6,8-11,19H,7,12-14H2,1-2H3,(H,26,32)(H,27,31). The molecule has 33 heavy (non-hydrogen) atoms. The van der Waals surface area contributed by atoms with E-state index in [-0.39, 0.29) is 34.9 Å². The van der Waals surface area contributed by atoms with Gasteiger partial charge in [-0.2, -0.15) is 0 Å². The fourth-order valence-electron chi connectivity index (χ4n) is 4.21. The van der Waals surface area contributed by atoms with Gasteiger partial charge in [-0.05, 0) is 31.9 Å². The zero-order chi connectivity index (χ0) is 23.5. The summed E-state index contributed by atoms with van der Waals surface area (Å²) in [6.07, 6.45) is 1.32. The minimum atomic E-state index is -0.532. The van der Waals surface area contributed by atoms with Gasteiger partial charge in [0.1, 0.15) is 11.8 Å². The van der Waals surface area contributed by atoms with Crippen LogP contribution in [0.15, 0.2) is 57.7 Å². The van der Waals surface area contributed by atoms with Crippen molar-refractivity contribution in [2.75, 3.05) is 20.1 Å². The van der Waals surface area contributed by atoms with Gasteiger partial charge in [0.25, 0.3) is 5.91 Å². The third-order valence-electron chi connectivity index (χ3n) is 5.95. The molecule has 0 aliphatic carbocycles. The van der Waals surface area contributed by atoms with Crippen LogP contribution >= 0.6 is 0 Å². The fraction of sp³-hybridized carbons (Fsp3) is 0.280. The number of rotatable bonds is 5. The second-order valence-electron chi connectivity index (χ2n) is 7.98. The molecule has 0 saturated carbocycles. The normalized spacial score (nSPS) is 15.5. The van der Waals surface area contributed by atoms with E-state index in [2.05, 4.69) is 10.6 Å². The Labute approximate surface area is 190 Å². The van der Waals surface area contributed by atoms with Crippen molar-refractivity contribution < 1.29 is 18.8 Å². The highest BCUT2D eigenvalue weighted by Gasteiger charge is 2.33. The molecule has 1 atom stereocenters. The summed E-state index contributed by atoms with van der Waals surface area (Å²) in [4.78, 5) is 52.1. The van der Waals surface area contributed by atoms with Crippen LogP contribution in [0.1, 0.15) is 28.8 Å². The average molecular weight is 447 g/mol. The van der Waals surface area contributed by atoms with Gasteiger partial charge < -0.3 is 20.0 Å². The summed E-state index contributed by atoms with van der Waals surface area (Å²) in [5, 5.41) is 5.48. The summed E-state index contributed by atoms with van der Waals surface area (Å²) in [5.41, 5.74) is 1.30. The van der Waals surface area contributed by atoms with E-state index in [1.54, 1.807) is 25.1 Å². The monoisotopic (exact) mass is 447 g/mol. The minimum Gasteiger partial charge on any atom is -0.455 e. The van der Waals surface area contributed by atoms with Crippen LogP contribution in [-0.2, 0) is 9.59 Å². The van der Waals surface area contributed by atoms with Crippen molar-refractivity contribution in [3.63, 3.8) is 0 Å². The Hall–Kier alpha value is -3.94. The third-order valence-corrected chi connectivity index (χ3v) is 5.95. The minimum absolute atomic E-state index is 0.166. The van der Waals surface area contributed by atoms with Gasteiger partial charge >= 0.3 is 0 Å². The van der Waals surface area contributed by atoms with E-state index in [1.165, 1.54) is 11.9 Å². The topological polar surface area (TPSA) is 109 Å². The lowest BCUT2D eigenvalue weighted by atomic mass is 10.0. The SMILES string of the molecule is CNC(=O)C1CCCN1C(=O)CNC(=O)c1cccc2c(=O)c(C)c(-c3ccccc3)oc12. The van der Waals surface area contributed by atoms with Crippen LogP contribution in [0.3, 0.4) is 0 Å². The first-order chi connectivity index (χ1) is 15.9. The Bertz CT molecular complexity index is 1280. The van der Waals surface area contributed by atoms with Crippen molar-refractivity contribution in [1.82, 2.24) is 15.5 Å². The zero-order valence-corrected chi connectivity index (χ0v) is 18.5. The first-order valence-electron chi connectivity index (χ1n) is 10.8. The van der Waals surface area contributed by atoms with Crippen molar-refractivity contribution >= 4 is 28.7 Å². The van der Waals surface area contributed by atoms with Crippen LogP contribution in [0.4, 0.5) is 0 Å². The largest absolute Gasteiger partial charge is 0.455 e. The molecule has 170 valence electrons. The molecule has 4 rings (SSSR count). The summed E-state index contributed by atoms with van der Waals surface area (Å²) in [7, 11) is 1.53. The summed E-state index contributed by atoms with van der Waals surface area (Å²) in [6, 6.07) is 13.5. The number of nitrogens with one attached hydrogen (secondary N) is 2. The Morgan fingerprint density at radius 3 is 2.58 bits per heavy atom. The number of nitrogens with zero attached hydrogens (tertiary/aromatic N) is 1. The molecule has 0 spiro atoms. The van der Waals surface area contributed by atoms with E-state index in [4.69, 9.17) is 4.42 Å². The maximum atomic E-state index is 13.0. The molecule has 8 nitrogen and oxygen atoms in total. The molecule has 0 radical (unpaired) electrons. The van der Waals surface area contributed by atoms with Gasteiger partial charge in [0.05, 0.1) is 17.5 Å². The highest BCUT2D eigenvalue weighted by atomic mass is 16.3. The number of hydrogen-bond acceptors (Lipinski definition) is 5. The van der Waals surface area contributed by atoms with E-state index < -0.39 is 11.9 Å². The van der Waals surface area contributed by atoms with Crippen molar-refractivity contribution in [3.05, 3.63) is 69.9 Å². The van der Waals surface area contributed by atoms with Gasteiger partial charge in [0, 0.05) is 24.7 Å². The maximum Gasteiger partial charge on any atom is 0.255 e. The van der Waals surface area contributed by atoms with E-state index in [9.17, 15) is 19.2 Å². The Kier molecular flexibility index (Phi) is 6.26. The molecule has 2 aromatic carbocycles. The van der Waals surface area contributed by atoms with E-state index in [0.29, 0.717) is 29.7 Å². The molecular weight excluding hydrogens is 422 g/mol. The Balaban J connectivity index is 1.61. The second kappa shape index (κ2) is 9.28. The van der Waals surface area contributed by atoms with Crippen LogP contribution in [-0.4, -0.2) is 48.8 Å². The van der Waals surface area contributed by atoms with Crippen molar-refractivity contribution in [2.45, 2.75) is 25.8 Å². The van der Waals surface area contributed by atoms with Crippen LogP contribution in [0.5, 0.6) is 0 Å². The molecule has 1 aliphatic heterocycles. The molecule has 1 unspecified atom stereocenters. The molecule has 1 fully saturated rings. The van der Waals surface area contributed by atoms with E-state index >= 15 is 0 Å². The molecule has 8 heteroatoms. The number of para-hydroxylation sites is 1. The van der Waals surface area contributed by atoms with Crippen molar-refractivity contribution in [1.29, 1.82) is 0 Å². The molecule has 1 aromatic heterocycles. The molecule has 1 saturated heterocycles. The first-order valence-corrected chi connectivity index (χ1v) is 10.8. The number of benzene rings is 2. The van der Waals surface area contributed by atoms with Crippen LogP contribution in [0.2, 0.25) is 0 Å². The van der Waals surface area contributed by atoms with E-state index in [0.717, 1.165) is 12.0 Å². The number of likely N-dealkylation sites (N-methyl/N-ethyl adjacent to an activating group) is 1. The summed E-state index contributed by atoms with van der Waals surface area (Å²) >= 11 is 0. The Morgan fingerprint density at radius 2 is 1.85 bits per heavy atom. The lowest BCUT2D eigenvalue weighted by Gasteiger charge is -2.23. The molecular formula is C25H25N3O5. The lowest BCUT2D eigenvalue weighted by molar-refractivity contribution is -0.137. The number of fused-ring (bicyclic) bond motifs is 1. The highest BCUT2D eigenvalue weighted by Crippen LogP contribution is 2.27. The van der Waals surface area contributed by atoms with Crippen molar-refractivity contribution in [3.8, 4) is 11.3 Å². The van der Waals surface area contributed by atoms with Crippen LogP contribution in [0.25, 0.3) is 22.3 Å². The number of amides is 3. The van der Waals surface area contributed by atoms with Gasteiger partial charge in [0.15, 0.2) is 11.0 Å². The third kappa shape index (κ3) is 4.24. The number of carbonyl (C=O) groups is 3. The maximum absolute atomic E-state index is 13.0. The molecule has 3 amide bonds. The number of likely N-dealkylation sites (tertiary alicyclic amines) is 1. The Morgan fingerprint density at radius 1 is 1.09 bits per heavy atom. The van der Waals surface area contributed by atoms with Gasteiger partial charge in [-0.15, -0.1) is 0 Å². The predicted molar refractivity (Wildman–Crippen MR) is 124 cm³/mol. The predicted octanol–water partition coefficient (Wildman–Crippen LogP) is 2.24. The van der Waals surface area contributed by atoms with Gasteiger partial charge in [0.2, 0.25) is 11.8 Å². The highest BCUT2D eigenvalue weighted by molar-refractivity contribution is 6.06. The molecule has 1 aliphatic rings. The number of hydrogen-bond donors (Lipinski definition) is 2. The molecule has 2 N–H and O–H groups in total.